The summed E-state index contributed by atoms with van der Waals surface area (Å²) in [6.07, 6.45) is 0. The fourth-order valence-electron chi connectivity index (χ4n) is 24.8. The number of hydrogen-bond donors (Lipinski definition) is 0. The van der Waals surface area contributed by atoms with Gasteiger partial charge in [0.1, 0.15) is 34.5 Å². The predicted octanol–water partition coefficient (Wildman–Crippen LogP) is 30.6. The summed E-state index contributed by atoms with van der Waals surface area (Å²) in [7, 11) is 0. The molecule has 30 rings (SSSR count). The zero-order chi connectivity index (χ0) is 99.8. The van der Waals surface area contributed by atoms with Gasteiger partial charge in [-0.15, -0.1) is 0 Å². The van der Waals surface area contributed by atoms with E-state index in [0.29, 0.717) is 0 Å². The average Bonchev–Trinajstić information content (AvgIpc) is 1.05. The minimum absolute atomic E-state index is 0.00509. The van der Waals surface area contributed by atoms with Crippen molar-refractivity contribution in [2.45, 2.75) is 38.5 Å². The molecular weight excluding hydrogens is 1820 g/mol. The quantitative estimate of drug-likeness (QED) is 0.0991. The lowest BCUT2D eigenvalue weighted by molar-refractivity contribution is 0.464. The van der Waals surface area contributed by atoms with Gasteiger partial charge in [-0.3, -0.25) is 0 Å². The lowest BCUT2D eigenvalue weighted by Gasteiger charge is -2.44. The van der Waals surface area contributed by atoms with Crippen molar-refractivity contribution in [3.63, 3.8) is 0 Å². The maximum Gasteiger partial charge on any atom is 0.260 e. The number of nitrogens with zero attached hydrogens (tertiary/aromatic N) is 6. The summed E-state index contributed by atoms with van der Waals surface area (Å²) < 4.78 is 19.9. The van der Waals surface area contributed by atoms with Crippen LogP contribution in [0.2, 0.25) is 0 Å². The van der Waals surface area contributed by atoms with Gasteiger partial charge in [0, 0.05) is 119 Å². The third-order valence-electron chi connectivity index (χ3n) is 31.7. The molecule has 150 heavy (non-hydrogen) atoms. The van der Waals surface area contributed by atoms with Crippen molar-refractivity contribution in [1.29, 1.82) is 0 Å². The van der Waals surface area contributed by atoms with Gasteiger partial charge in [0.15, 0.2) is 0 Å². The van der Waals surface area contributed by atoms with Crippen molar-refractivity contribution in [2.24, 2.45) is 0 Å². The van der Waals surface area contributed by atoms with Gasteiger partial charge >= 0.3 is 0 Å². The number of benzene rings is 22. The summed E-state index contributed by atoms with van der Waals surface area (Å²) in [4.78, 5) is 14.4. The Kier molecular flexibility index (Phi) is 21.4. The van der Waals surface area contributed by atoms with E-state index >= 15 is 0 Å². The monoisotopic (exact) mass is 1920 g/mol. The number of ether oxygens (including phenoxy) is 3. The molecule has 22 aromatic rings. The molecule has 22 aromatic carbocycles. The summed E-state index contributed by atoms with van der Waals surface area (Å²) in [6, 6.07) is 190. The molecule has 0 saturated carbocycles. The zero-order valence-corrected chi connectivity index (χ0v) is 83.4. The normalized spacial score (nSPS) is 13.5. The van der Waals surface area contributed by atoms with Gasteiger partial charge in [0.05, 0.1) is 0 Å². The molecule has 2 aliphatic carbocycles. The standard InChI is InChI=1S/C54H38BN3.C45H33BN2O.C39H28BNO2/c1-6-18-39(19-7-1)41-22-16-29-46(36-41)58-51-31-17-30-50-54(51)55(48-34-32-42(37-52(48)58)40-20-8-2-9-21-40)49-35-33-47(38-53(49)57(50)45-27-14-5-15-28-45)56(43-23-10-3-11-24-43)44-25-12-4-13-26-44;1-45(2)36-27-33(47(30-15-6-3-7-16-30)31-17-8-4-9-18-31)25-26-34(36)35-28-43-39(29-37(35)45)46-38-21-12-13-22-40(38)48(32-19-10-5-11-20-32)41-23-14-24-42(49-43)44(41)46;1-39(2)30-22-27(41(25-12-5-3-6-13-25)26-14-7-4-8-15-26)20-21-28(30)29-23-37-33(24-31(29)39)40-32-16-9-10-17-34(32)42-35-18-11-19-36(43-37)38(35)40/h1-38H;3-29H,1-2H3;3-24H,1-2H3. The Labute approximate surface area is 876 Å². The molecule has 12 heteroatoms. The van der Waals surface area contributed by atoms with E-state index in [1.54, 1.807) is 0 Å². The Morgan fingerprint density at radius 1 is 0.173 bits per heavy atom. The number of anilines is 18. The Morgan fingerprint density at radius 3 is 0.953 bits per heavy atom. The van der Waals surface area contributed by atoms with E-state index in [9.17, 15) is 0 Å². The molecule has 0 unspecified atom stereocenters. The molecule has 0 radical (unpaired) electrons. The molecule has 0 spiro atoms. The van der Waals surface area contributed by atoms with Gasteiger partial charge in [0.25, 0.3) is 20.1 Å². The number of para-hydroxylation sites is 10. The largest absolute Gasteiger partial charge is 0.458 e. The van der Waals surface area contributed by atoms with Crippen LogP contribution >= 0.6 is 0 Å². The van der Waals surface area contributed by atoms with Gasteiger partial charge in [-0.1, -0.05) is 343 Å². The van der Waals surface area contributed by atoms with Crippen molar-refractivity contribution >= 4 is 172 Å². The van der Waals surface area contributed by atoms with Gasteiger partial charge in [-0.2, -0.15) is 0 Å². The van der Waals surface area contributed by atoms with Crippen LogP contribution < -0.4 is 92.8 Å². The van der Waals surface area contributed by atoms with Crippen LogP contribution in [0, 0.1) is 0 Å². The highest BCUT2D eigenvalue weighted by Gasteiger charge is 2.49. The van der Waals surface area contributed by atoms with Gasteiger partial charge in [0.2, 0.25) is 0 Å². The fraction of sp³-hybridized carbons (Fsp3) is 0.0435. The first-order chi connectivity index (χ1) is 73.9. The van der Waals surface area contributed by atoms with Crippen LogP contribution in [0.5, 0.6) is 34.5 Å². The first kappa shape index (κ1) is 88.9. The lowest BCUT2D eigenvalue weighted by atomic mass is 9.33. The van der Waals surface area contributed by atoms with E-state index in [-0.39, 0.29) is 31.0 Å². The second-order valence-electron chi connectivity index (χ2n) is 40.8. The van der Waals surface area contributed by atoms with Crippen molar-refractivity contribution < 1.29 is 14.2 Å². The molecule has 8 aliphatic rings. The summed E-state index contributed by atoms with van der Waals surface area (Å²) in [5.41, 5.74) is 46.6. The first-order valence-electron chi connectivity index (χ1n) is 51.9. The Bertz CT molecular complexity index is 8910. The van der Waals surface area contributed by atoms with Crippen molar-refractivity contribution in [3.05, 3.63) is 550 Å². The van der Waals surface area contributed by atoms with Crippen molar-refractivity contribution in [1.82, 2.24) is 0 Å². The second kappa shape index (κ2) is 36.2. The van der Waals surface area contributed by atoms with E-state index < -0.39 is 0 Å². The maximum atomic E-state index is 6.87. The van der Waals surface area contributed by atoms with Crippen LogP contribution in [-0.4, -0.2) is 20.1 Å². The smallest absolute Gasteiger partial charge is 0.260 e. The summed E-state index contributed by atoms with van der Waals surface area (Å²) in [6.45, 7) is 9.58. The van der Waals surface area contributed by atoms with Crippen LogP contribution in [-0.2, 0) is 10.8 Å². The van der Waals surface area contributed by atoms with E-state index in [2.05, 4.69) is 573 Å². The molecule has 0 bridgehead atoms. The molecular formula is C138H99B3N6O3. The summed E-state index contributed by atoms with van der Waals surface area (Å²) in [5.74, 6) is 5.46. The molecule has 6 aliphatic heterocycles. The van der Waals surface area contributed by atoms with Gasteiger partial charge in [-0.05, 0) is 323 Å². The number of hydrogen-bond acceptors (Lipinski definition) is 9. The predicted molar refractivity (Wildman–Crippen MR) is 627 cm³/mol. The lowest BCUT2D eigenvalue weighted by Crippen LogP contribution is -2.61. The summed E-state index contributed by atoms with van der Waals surface area (Å²) >= 11 is 0. The van der Waals surface area contributed by atoms with Gasteiger partial charge in [-0.25, -0.2) is 0 Å². The highest BCUT2D eigenvalue weighted by Crippen LogP contribution is 2.57. The van der Waals surface area contributed by atoms with Crippen LogP contribution in [0.3, 0.4) is 0 Å². The van der Waals surface area contributed by atoms with Gasteiger partial charge < -0.3 is 43.6 Å². The maximum absolute atomic E-state index is 6.87. The van der Waals surface area contributed by atoms with Crippen LogP contribution in [0.25, 0.3) is 44.5 Å². The molecule has 0 saturated heterocycles. The molecule has 0 fully saturated rings. The minimum Gasteiger partial charge on any atom is -0.458 e. The number of fused-ring (bicyclic) bond motifs is 18. The molecule has 6 heterocycles. The molecule has 708 valence electrons. The Morgan fingerprint density at radius 2 is 0.473 bits per heavy atom. The molecule has 0 atom stereocenters. The zero-order valence-electron chi connectivity index (χ0n) is 83.4. The molecule has 0 aromatic heterocycles. The molecule has 0 N–H and O–H groups in total. The van der Waals surface area contributed by atoms with Crippen LogP contribution in [0.1, 0.15) is 49.9 Å². The van der Waals surface area contributed by atoms with Crippen LogP contribution in [0.15, 0.2) is 528 Å². The molecule has 0 amide bonds. The highest BCUT2D eigenvalue weighted by atomic mass is 16.5. The first-order valence-corrected chi connectivity index (χ1v) is 51.9. The third kappa shape index (κ3) is 14.8. The topological polar surface area (TPSA) is 47.1 Å². The number of rotatable bonds is 14. The minimum atomic E-state index is -0.210. The van der Waals surface area contributed by atoms with Crippen molar-refractivity contribution in [3.8, 4) is 79.0 Å². The van der Waals surface area contributed by atoms with Crippen LogP contribution in [0.4, 0.5) is 102 Å². The highest BCUT2D eigenvalue weighted by molar-refractivity contribution is 7.01. The average molecular weight is 1920 g/mol. The second-order valence-corrected chi connectivity index (χ2v) is 40.8. The van der Waals surface area contributed by atoms with Crippen molar-refractivity contribution in [2.75, 3.05) is 29.4 Å². The fourth-order valence-corrected chi connectivity index (χ4v) is 24.8. The summed E-state index contributed by atoms with van der Waals surface area (Å²) in [5, 5.41) is 0. The third-order valence-corrected chi connectivity index (χ3v) is 31.7. The molecule has 9 nitrogen and oxygen atoms in total. The Balaban J connectivity index is 0.000000109. The van der Waals surface area contributed by atoms with E-state index in [4.69, 9.17) is 14.2 Å². The van der Waals surface area contributed by atoms with E-state index in [1.807, 2.05) is 12.1 Å². The Hall–Kier alpha value is -18.8. The van der Waals surface area contributed by atoms with E-state index in [1.165, 1.54) is 145 Å². The van der Waals surface area contributed by atoms with E-state index in [0.717, 1.165) is 108 Å². The SMILES string of the molecule is CC1(C)c2cc(N(c3ccccc3)c3ccccc3)ccc2-c2cc3c(cc21)B1c2ccccc2N(c2ccccc2)c2cccc(c21)O3.CC1(C)c2cc(N(c3ccccc3)c3ccccc3)ccc2-c2cc3c(cc21)B1c2ccccc2Oc2cccc(c21)O3.c1ccc(-c2cccc(N3c4cc(-c5ccccc5)ccc4B4c5ccc(N(c6ccccc6)c6ccccc6)cc5N(c5ccccc5)c5cccc3c54)c2)cc1.